The lowest BCUT2D eigenvalue weighted by Gasteiger charge is -2.02. The van der Waals surface area contributed by atoms with Gasteiger partial charge in [-0.3, -0.25) is 4.98 Å². The second-order valence-electron chi connectivity index (χ2n) is 4.31. The summed E-state index contributed by atoms with van der Waals surface area (Å²) < 4.78 is 10.6. The molecule has 0 unspecified atom stereocenters. The zero-order valence-corrected chi connectivity index (χ0v) is 11.2. The molecule has 0 amide bonds. The Balaban J connectivity index is 2.00. The Morgan fingerprint density at radius 2 is 1.95 bits per heavy atom. The number of ether oxygens (including phenoxy) is 1. The van der Waals surface area contributed by atoms with E-state index < -0.39 is 0 Å². The summed E-state index contributed by atoms with van der Waals surface area (Å²) in [5.74, 6) is 1.65. The molecule has 100 valence electrons. The summed E-state index contributed by atoms with van der Waals surface area (Å²) in [6.45, 7) is 1.93. The first kappa shape index (κ1) is 12.3. The first-order valence-electron chi connectivity index (χ1n) is 6.18. The molecule has 0 aliphatic carbocycles. The summed E-state index contributed by atoms with van der Waals surface area (Å²) in [5.41, 5.74) is 2.53. The van der Waals surface area contributed by atoms with E-state index in [-0.39, 0.29) is 0 Å². The van der Waals surface area contributed by atoms with E-state index in [1.165, 1.54) is 0 Å². The molecule has 0 spiro atoms. The molecule has 0 atom stereocenters. The third kappa shape index (κ3) is 2.25. The molecule has 0 saturated heterocycles. The predicted molar refractivity (Wildman–Crippen MR) is 74.3 cm³/mol. The number of benzene rings is 1. The number of rotatable bonds is 3. The number of hydrogen-bond acceptors (Lipinski definition) is 5. The first-order chi connectivity index (χ1) is 9.78. The second kappa shape index (κ2) is 5.13. The number of aromatic nitrogens is 3. The van der Waals surface area contributed by atoms with Crippen LogP contribution in [0.15, 0.2) is 47.1 Å². The van der Waals surface area contributed by atoms with E-state index in [1.54, 1.807) is 13.3 Å². The fourth-order valence-electron chi connectivity index (χ4n) is 1.87. The monoisotopic (exact) mass is 267 g/mol. The van der Waals surface area contributed by atoms with Crippen LogP contribution in [0.2, 0.25) is 0 Å². The molecule has 0 saturated carbocycles. The van der Waals surface area contributed by atoms with E-state index >= 15 is 0 Å². The predicted octanol–water partition coefficient (Wildman–Crippen LogP) is 3.12. The van der Waals surface area contributed by atoms with Crippen molar-refractivity contribution in [3.05, 3.63) is 48.3 Å². The number of para-hydroxylation sites is 1. The third-order valence-corrected chi connectivity index (χ3v) is 2.93. The highest BCUT2D eigenvalue weighted by Gasteiger charge is 2.13. The van der Waals surface area contributed by atoms with Gasteiger partial charge >= 0.3 is 0 Å². The molecule has 5 heteroatoms. The molecule has 1 aromatic carbocycles. The van der Waals surface area contributed by atoms with Crippen molar-refractivity contribution in [2.75, 3.05) is 7.11 Å². The lowest BCUT2D eigenvalue weighted by atomic mass is 10.2. The molecule has 0 fully saturated rings. The standard InChI is InChI=1S/C15H13N3O2/c1-10-7-8-11(9-16-10)15-17-14(18-20-15)12-5-3-4-6-13(12)19-2/h3-9H,1-2H3. The quantitative estimate of drug-likeness (QED) is 0.729. The third-order valence-electron chi connectivity index (χ3n) is 2.93. The summed E-state index contributed by atoms with van der Waals surface area (Å²) in [7, 11) is 1.61. The molecule has 2 aromatic heterocycles. The van der Waals surface area contributed by atoms with Gasteiger partial charge in [0.25, 0.3) is 5.89 Å². The molecule has 0 aliphatic rings. The SMILES string of the molecule is COc1ccccc1-c1noc(-c2ccc(C)nc2)n1. The Labute approximate surface area is 116 Å². The van der Waals surface area contributed by atoms with E-state index in [2.05, 4.69) is 15.1 Å². The van der Waals surface area contributed by atoms with E-state index in [0.29, 0.717) is 17.5 Å². The maximum Gasteiger partial charge on any atom is 0.259 e. The van der Waals surface area contributed by atoms with Gasteiger partial charge in [-0.1, -0.05) is 17.3 Å². The van der Waals surface area contributed by atoms with E-state index in [9.17, 15) is 0 Å². The van der Waals surface area contributed by atoms with Crippen LogP contribution >= 0.6 is 0 Å². The molecule has 0 bridgehead atoms. The average molecular weight is 267 g/mol. The van der Waals surface area contributed by atoms with Crippen molar-refractivity contribution in [1.29, 1.82) is 0 Å². The molecule has 3 aromatic rings. The zero-order valence-electron chi connectivity index (χ0n) is 11.2. The van der Waals surface area contributed by atoms with Gasteiger partial charge in [-0.2, -0.15) is 4.98 Å². The van der Waals surface area contributed by atoms with Crippen LogP contribution in [0.5, 0.6) is 5.75 Å². The molecule has 3 rings (SSSR count). The molecule has 5 nitrogen and oxygen atoms in total. The average Bonchev–Trinajstić information content (AvgIpc) is 2.97. The number of aryl methyl sites for hydroxylation is 1. The van der Waals surface area contributed by atoms with Crippen LogP contribution in [0.3, 0.4) is 0 Å². The topological polar surface area (TPSA) is 61.0 Å². The van der Waals surface area contributed by atoms with Crippen molar-refractivity contribution in [3.8, 4) is 28.6 Å². The van der Waals surface area contributed by atoms with E-state index in [4.69, 9.17) is 9.26 Å². The van der Waals surface area contributed by atoms with Crippen LogP contribution in [0, 0.1) is 6.92 Å². The summed E-state index contributed by atoms with van der Waals surface area (Å²) in [5, 5.41) is 4.00. The summed E-state index contributed by atoms with van der Waals surface area (Å²) >= 11 is 0. The Bertz CT molecular complexity index is 720. The largest absolute Gasteiger partial charge is 0.496 e. The normalized spacial score (nSPS) is 10.5. The van der Waals surface area contributed by atoms with Crippen LogP contribution in [-0.2, 0) is 0 Å². The van der Waals surface area contributed by atoms with Crippen LogP contribution < -0.4 is 4.74 Å². The van der Waals surface area contributed by atoms with E-state index in [0.717, 1.165) is 16.8 Å². The van der Waals surface area contributed by atoms with Gasteiger partial charge in [0, 0.05) is 11.9 Å². The molecule has 0 radical (unpaired) electrons. The zero-order chi connectivity index (χ0) is 13.9. The van der Waals surface area contributed by atoms with Gasteiger partial charge in [0.2, 0.25) is 5.82 Å². The van der Waals surface area contributed by atoms with Crippen LogP contribution in [-0.4, -0.2) is 22.2 Å². The van der Waals surface area contributed by atoms with Gasteiger partial charge < -0.3 is 9.26 Å². The Morgan fingerprint density at radius 1 is 1.10 bits per heavy atom. The molecular formula is C15H13N3O2. The fraction of sp³-hybridized carbons (Fsp3) is 0.133. The van der Waals surface area contributed by atoms with Crippen molar-refractivity contribution < 1.29 is 9.26 Å². The smallest absolute Gasteiger partial charge is 0.259 e. The van der Waals surface area contributed by atoms with Crippen molar-refractivity contribution in [2.45, 2.75) is 6.92 Å². The molecular weight excluding hydrogens is 254 g/mol. The minimum absolute atomic E-state index is 0.443. The highest BCUT2D eigenvalue weighted by Crippen LogP contribution is 2.28. The Morgan fingerprint density at radius 3 is 2.70 bits per heavy atom. The van der Waals surface area contributed by atoms with Gasteiger partial charge in [-0.25, -0.2) is 0 Å². The Kier molecular flexibility index (Phi) is 3.16. The van der Waals surface area contributed by atoms with Crippen molar-refractivity contribution >= 4 is 0 Å². The van der Waals surface area contributed by atoms with Crippen LogP contribution in [0.4, 0.5) is 0 Å². The second-order valence-corrected chi connectivity index (χ2v) is 4.31. The molecule has 20 heavy (non-hydrogen) atoms. The fourth-order valence-corrected chi connectivity index (χ4v) is 1.87. The molecule has 0 N–H and O–H groups in total. The van der Waals surface area contributed by atoms with Gasteiger partial charge in [-0.05, 0) is 31.2 Å². The first-order valence-corrected chi connectivity index (χ1v) is 6.18. The van der Waals surface area contributed by atoms with Crippen LogP contribution in [0.25, 0.3) is 22.8 Å². The summed E-state index contributed by atoms with van der Waals surface area (Å²) in [6.07, 6.45) is 1.72. The number of nitrogens with zero attached hydrogens (tertiary/aromatic N) is 3. The maximum atomic E-state index is 5.30. The van der Waals surface area contributed by atoms with Crippen molar-refractivity contribution in [3.63, 3.8) is 0 Å². The van der Waals surface area contributed by atoms with Crippen molar-refractivity contribution in [2.24, 2.45) is 0 Å². The van der Waals surface area contributed by atoms with Gasteiger partial charge in [0.05, 0.1) is 18.2 Å². The summed E-state index contributed by atoms with van der Waals surface area (Å²) in [6, 6.07) is 11.4. The highest BCUT2D eigenvalue weighted by atomic mass is 16.5. The van der Waals surface area contributed by atoms with Gasteiger partial charge in [0.15, 0.2) is 0 Å². The van der Waals surface area contributed by atoms with Gasteiger partial charge in [0.1, 0.15) is 5.75 Å². The van der Waals surface area contributed by atoms with Crippen molar-refractivity contribution in [1.82, 2.24) is 15.1 Å². The number of methoxy groups -OCH3 is 1. The highest BCUT2D eigenvalue weighted by molar-refractivity contribution is 5.65. The molecule has 2 heterocycles. The minimum atomic E-state index is 0.443. The lowest BCUT2D eigenvalue weighted by molar-refractivity contribution is 0.413. The lowest BCUT2D eigenvalue weighted by Crippen LogP contribution is -1.89. The number of hydrogen-bond donors (Lipinski definition) is 0. The summed E-state index contributed by atoms with van der Waals surface area (Å²) in [4.78, 5) is 8.61. The Hall–Kier alpha value is -2.69. The van der Waals surface area contributed by atoms with Gasteiger partial charge in [-0.15, -0.1) is 0 Å². The molecule has 0 aliphatic heterocycles. The minimum Gasteiger partial charge on any atom is -0.496 e. The number of pyridine rings is 1. The van der Waals surface area contributed by atoms with E-state index in [1.807, 2.05) is 43.3 Å². The maximum absolute atomic E-state index is 5.30. The van der Waals surface area contributed by atoms with Crippen LogP contribution in [0.1, 0.15) is 5.69 Å².